The SMILES string of the molecule is Cc1ncc(CCC(=O)NCc2ccccc2CN2CCC(O)CC2)c(=O)[nH]1. The first-order valence-corrected chi connectivity index (χ1v) is 9.80. The third kappa shape index (κ3) is 5.74. The molecule has 0 radical (unpaired) electrons. The molecule has 1 aromatic heterocycles. The number of aliphatic hydroxyl groups excluding tert-OH is 1. The summed E-state index contributed by atoms with van der Waals surface area (Å²) in [5.74, 6) is 0.480. The molecule has 1 saturated heterocycles. The highest BCUT2D eigenvalue weighted by Crippen LogP contribution is 2.16. The Bertz CT molecular complexity index is 857. The number of benzene rings is 1. The molecule has 2 heterocycles. The molecular formula is C21H28N4O3. The number of carbonyl (C=O) groups excluding carboxylic acids is 1. The van der Waals surface area contributed by atoms with Crippen LogP contribution in [0.5, 0.6) is 0 Å². The van der Waals surface area contributed by atoms with Crippen molar-refractivity contribution in [1.29, 1.82) is 0 Å². The van der Waals surface area contributed by atoms with Crippen LogP contribution >= 0.6 is 0 Å². The Hall–Kier alpha value is -2.51. The van der Waals surface area contributed by atoms with E-state index in [1.54, 1.807) is 6.92 Å². The van der Waals surface area contributed by atoms with Crippen LogP contribution in [0.4, 0.5) is 0 Å². The number of hydrogen-bond acceptors (Lipinski definition) is 5. The molecule has 0 aliphatic carbocycles. The van der Waals surface area contributed by atoms with E-state index in [9.17, 15) is 14.7 Å². The Morgan fingerprint density at radius 3 is 2.68 bits per heavy atom. The molecule has 0 spiro atoms. The fourth-order valence-electron chi connectivity index (χ4n) is 3.42. The molecule has 0 unspecified atom stereocenters. The van der Waals surface area contributed by atoms with E-state index < -0.39 is 0 Å². The van der Waals surface area contributed by atoms with Crippen molar-refractivity contribution in [3.8, 4) is 0 Å². The summed E-state index contributed by atoms with van der Waals surface area (Å²) in [6.07, 6.45) is 3.60. The minimum Gasteiger partial charge on any atom is -0.393 e. The zero-order chi connectivity index (χ0) is 19.9. The number of nitrogens with one attached hydrogen (secondary N) is 2. The number of aryl methyl sites for hydroxylation is 2. The second kappa shape index (κ2) is 9.61. The minimum absolute atomic E-state index is 0.0872. The van der Waals surface area contributed by atoms with Crippen molar-refractivity contribution < 1.29 is 9.90 Å². The third-order valence-electron chi connectivity index (χ3n) is 5.17. The Morgan fingerprint density at radius 1 is 1.25 bits per heavy atom. The van der Waals surface area contributed by atoms with Crippen molar-refractivity contribution in [1.82, 2.24) is 20.2 Å². The van der Waals surface area contributed by atoms with E-state index in [1.165, 1.54) is 11.8 Å². The molecule has 3 N–H and O–H groups in total. The smallest absolute Gasteiger partial charge is 0.254 e. The fourth-order valence-corrected chi connectivity index (χ4v) is 3.42. The van der Waals surface area contributed by atoms with Crippen molar-refractivity contribution in [2.75, 3.05) is 13.1 Å². The second-order valence-corrected chi connectivity index (χ2v) is 7.38. The number of H-pyrrole nitrogens is 1. The summed E-state index contributed by atoms with van der Waals surface area (Å²) in [5, 5.41) is 12.6. The van der Waals surface area contributed by atoms with Gasteiger partial charge in [-0.05, 0) is 37.3 Å². The van der Waals surface area contributed by atoms with E-state index in [1.807, 2.05) is 18.2 Å². The van der Waals surface area contributed by atoms with Gasteiger partial charge in [0.25, 0.3) is 5.56 Å². The van der Waals surface area contributed by atoms with E-state index in [0.29, 0.717) is 24.4 Å². The number of aliphatic hydroxyl groups is 1. The van der Waals surface area contributed by atoms with Gasteiger partial charge in [-0.3, -0.25) is 14.5 Å². The predicted molar refractivity (Wildman–Crippen MR) is 107 cm³/mol. The van der Waals surface area contributed by atoms with Gasteiger partial charge in [0.05, 0.1) is 6.10 Å². The summed E-state index contributed by atoms with van der Waals surface area (Å²) in [5.41, 5.74) is 2.63. The number of aromatic nitrogens is 2. The summed E-state index contributed by atoms with van der Waals surface area (Å²) in [7, 11) is 0. The van der Waals surface area contributed by atoms with E-state index in [4.69, 9.17) is 0 Å². The zero-order valence-corrected chi connectivity index (χ0v) is 16.3. The first kappa shape index (κ1) is 20.2. The topological polar surface area (TPSA) is 98.3 Å². The summed E-state index contributed by atoms with van der Waals surface area (Å²) >= 11 is 0. The number of aromatic amines is 1. The quantitative estimate of drug-likeness (QED) is 0.668. The molecule has 7 nitrogen and oxygen atoms in total. The number of rotatable bonds is 7. The standard InChI is InChI=1S/C21H28N4O3/c1-15-22-13-17(21(28)24-15)6-7-20(27)23-12-16-4-2-3-5-18(16)14-25-10-8-19(26)9-11-25/h2-5,13,19,26H,6-12,14H2,1H3,(H,23,27)(H,22,24,28). The van der Waals surface area contributed by atoms with Gasteiger partial charge in [-0.1, -0.05) is 24.3 Å². The van der Waals surface area contributed by atoms with Crippen LogP contribution < -0.4 is 10.9 Å². The summed E-state index contributed by atoms with van der Waals surface area (Å²) in [4.78, 5) is 33.1. The molecular weight excluding hydrogens is 356 g/mol. The molecule has 1 aromatic carbocycles. The largest absolute Gasteiger partial charge is 0.393 e. The van der Waals surface area contributed by atoms with Crippen molar-refractivity contribution in [2.24, 2.45) is 0 Å². The summed E-state index contributed by atoms with van der Waals surface area (Å²) in [6.45, 7) is 4.79. The van der Waals surface area contributed by atoms with Crippen LogP contribution in [0.2, 0.25) is 0 Å². The zero-order valence-electron chi connectivity index (χ0n) is 16.3. The fraction of sp³-hybridized carbons (Fsp3) is 0.476. The molecule has 1 amide bonds. The van der Waals surface area contributed by atoms with Crippen LogP contribution in [-0.2, 0) is 24.3 Å². The number of carbonyl (C=O) groups is 1. The molecule has 2 aromatic rings. The number of amides is 1. The van der Waals surface area contributed by atoms with Gasteiger partial charge < -0.3 is 15.4 Å². The maximum Gasteiger partial charge on any atom is 0.254 e. The predicted octanol–water partition coefficient (Wildman–Crippen LogP) is 1.28. The van der Waals surface area contributed by atoms with E-state index in [2.05, 4.69) is 26.3 Å². The minimum atomic E-state index is -0.183. The molecule has 7 heteroatoms. The number of nitrogens with zero attached hydrogens (tertiary/aromatic N) is 2. The van der Waals surface area contributed by atoms with Crippen LogP contribution in [-0.4, -0.2) is 45.1 Å². The molecule has 3 rings (SSSR count). The van der Waals surface area contributed by atoms with Gasteiger partial charge in [-0.15, -0.1) is 0 Å². The van der Waals surface area contributed by atoms with Crippen LogP contribution in [0.1, 0.15) is 41.8 Å². The molecule has 0 atom stereocenters. The molecule has 1 fully saturated rings. The van der Waals surface area contributed by atoms with Crippen molar-refractivity contribution in [3.63, 3.8) is 0 Å². The highest BCUT2D eigenvalue weighted by molar-refractivity contribution is 5.76. The van der Waals surface area contributed by atoms with Crippen LogP contribution in [0.25, 0.3) is 0 Å². The normalized spacial score (nSPS) is 15.5. The molecule has 1 aliphatic rings. The first-order valence-electron chi connectivity index (χ1n) is 9.80. The lowest BCUT2D eigenvalue weighted by Crippen LogP contribution is -2.35. The average molecular weight is 384 g/mol. The van der Waals surface area contributed by atoms with Crippen molar-refractivity contribution in [3.05, 3.63) is 63.3 Å². The summed E-state index contributed by atoms with van der Waals surface area (Å²) in [6, 6.07) is 8.10. The van der Waals surface area contributed by atoms with Gasteiger partial charge in [0.1, 0.15) is 5.82 Å². The number of hydrogen-bond donors (Lipinski definition) is 3. The highest BCUT2D eigenvalue weighted by atomic mass is 16.3. The van der Waals surface area contributed by atoms with E-state index >= 15 is 0 Å². The lowest BCUT2D eigenvalue weighted by molar-refractivity contribution is -0.121. The van der Waals surface area contributed by atoms with Crippen molar-refractivity contribution >= 4 is 5.91 Å². The van der Waals surface area contributed by atoms with Crippen LogP contribution in [0.15, 0.2) is 35.3 Å². The molecule has 0 saturated carbocycles. The van der Waals surface area contributed by atoms with Gasteiger partial charge in [-0.25, -0.2) is 4.98 Å². The maximum atomic E-state index is 12.2. The Balaban J connectivity index is 1.51. The molecule has 1 aliphatic heterocycles. The molecule has 28 heavy (non-hydrogen) atoms. The maximum absolute atomic E-state index is 12.2. The third-order valence-corrected chi connectivity index (χ3v) is 5.17. The van der Waals surface area contributed by atoms with Gasteiger partial charge in [0.15, 0.2) is 0 Å². The molecule has 150 valence electrons. The van der Waals surface area contributed by atoms with E-state index in [-0.39, 0.29) is 24.0 Å². The second-order valence-electron chi connectivity index (χ2n) is 7.38. The van der Waals surface area contributed by atoms with Gasteiger partial charge in [0, 0.05) is 44.4 Å². The lowest BCUT2D eigenvalue weighted by atomic mass is 10.0. The van der Waals surface area contributed by atoms with Gasteiger partial charge in [-0.2, -0.15) is 0 Å². The Morgan fingerprint density at radius 2 is 1.96 bits per heavy atom. The monoisotopic (exact) mass is 384 g/mol. The lowest BCUT2D eigenvalue weighted by Gasteiger charge is -2.30. The number of piperidine rings is 1. The van der Waals surface area contributed by atoms with Crippen LogP contribution in [0, 0.1) is 6.92 Å². The van der Waals surface area contributed by atoms with Gasteiger partial charge >= 0.3 is 0 Å². The number of likely N-dealkylation sites (tertiary alicyclic amines) is 1. The summed E-state index contributed by atoms with van der Waals surface area (Å²) < 4.78 is 0. The van der Waals surface area contributed by atoms with Crippen LogP contribution in [0.3, 0.4) is 0 Å². The average Bonchev–Trinajstić information content (AvgIpc) is 2.68. The Kier molecular flexibility index (Phi) is 6.95. The first-order chi connectivity index (χ1) is 13.5. The molecule has 0 bridgehead atoms. The van der Waals surface area contributed by atoms with Crippen molar-refractivity contribution in [2.45, 2.75) is 51.8 Å². The van der Waals surface area contributed by atoms with E-state index in [0.717, 1.165) is 38.0 Å². The highest BCUT2D eigenvalue weighted by Gasteiger charge is 2.18. The Labute approximate surface area is 164 Å². The van der Waals surface area contributed by atoms with Gasteiger partial charge in [0.2, 0.25) is 5.91 Å².